The van der Waals surface area contributed by atoms with Gasteiger partial charge in [-0.1, -0.05) is 12.7 Å². The van der Waals surface area contributed by atoms with E-state index < -0.39 is 11.7 Å². The van der Waals surface area contributed by atoms with Crippen molar-refractivity contribution >= 4 is 6.09 Å². The average Bonchev–Trinajstić information content (AvgIpc) is 2.23. The molecule has 1 N–H and O–H groups in total. The van der Waals surface area contributed by atoms with E-state index in [0.29, 0.717) is 12.6 Å². The number of likely N-dealkylation sites (N-methyl/N-ethyl adjacent to an activating group) is 1. The fourth-order valence-electron chi connectivity index (χ4n) is 1.26. The first-order valence-corrected chi connectivity index (χ1v) is 6.53. The minimum absolute atomic E-state index is 0.332. The van der Waals surface area contributed by atoms with Gasteiger partial charge in [-0.3, -0.25) is 0 Å². The molecule has 0 aromatic carbocycles. The third-order valence-electron chi connectivity index (χ3n) is 2.71. The number of nitrogens with one attached hydrogen (secondary N) is 1. The number of hydrogen-bond acceptors (Lipinski definition) is 3. The Morgan fingerprint density at radius 2 is 1.95 bits per heavy atom. The van der Waals surface area contributed by atoms with Crippen molar-refractivity contribution in [1.29, 1.82) is 0 Å². The summed E-state index contributed by atoms with van der Waals surface area (Å²) < 4.78 is 5.17. The van der Waals surface area contributed by atoms with E-state index in [-0.39, 0.29) is 0 Å². The SMILES string of the molecule is C=C(CNC(=O)OC(C)(C)C)/C(C)=C\C(C)N(C)C. The van der Waals surface area contributed by atoms with Crippen LogP contribution in [0.1, 0.15) is 34.6 Å². The molecule has 0 aromatic rings. The number of amides is 1. The van der Waals surface area contributed by atoms with Crippen LogP contribution in [0.4, 0.5) is 4.79 Å². The summed E-state index contributed by atoms with van der Waals surface area (Å²) in [5.41, 5.74) is 1.49. The smallest absolute Gasteiger partial charge is 0.407 e. The lowest BCUT2D eigenvalue weighted by atomic mass is 10.1. The molecule has 0 radical (unpaired) electrons. The molecule has 0 aromatic heterocycles. The molecule has 0 aliphatic rings. The Labute approximate surface area is 117 Å². The fourth-order valence-corrected chi connectivity index (χ4v) is 1.26. The maximum absolute atomic E-state index is 11.5. The van der Waals surface area contributed by atoms with E-state index in [1.807, 2.05) is 41.8 Å². The van der Waals surface area contributed by atoms with Crippen molar-refractivity contribution in [3.8, 4) is 0 Å². The van der Waals surface area contributed by atoms with Crippen LogP contribution in [-0.2, 0) is 4.74 Å². The Morgan fingerprint density at radius 1 is 1.42 bits per heavy atom. The van der Waals surface area contributed by atoms with Crippen molar-refractivity contribution in [2.45, 2.75) is 46.3 Å². The summed E-state index contributed by atoms with van der Waals surface area (Å²) in [6, 6.07) is 0.332. The highest BCUT2D eigenvalue weighted by atomic mass is 16.6. The monoisotopic (exact) mass is 268 g/mol. The van der Waals surface area contributed by atoms with Gasteiger partial charge in [0.15, 0.2) is 0 Å². The lowest BCUT2D eigenvalue weighted by Gasteiger charge is -2.20. The topological polar surface area (TPSA) is 41.6 Å². The van der Waals surface area contributed by atoms with Crippen LogP contribution in [0.3, 0.4) is 0 Å². The molecule has 0 fully saturated rings. The third-order valence-corrected chi connectivity index (χ3v) is 2.71. The zero-order chi connectivity index (χ0) is 15.2. The number of rotatable bonds is 5. The molecule has 1 amide bonds. The largest absolute Gasteiger partial charge is 0.444 e. The maximum Gasteiger partial charge on any atom is 0.407 e. The van der Waals surface area contributed by atoms with Gasteiger partial charge in [-0.25, -0.2) is 4.79 Å². The minimum atomic E-state index is -0.476. The van der Waals surface area contributed by atoms with Gasteiger partial charge < -0.3 is 15.0 Å². The molecular formula is C15H28N2O2. The Bertz CT molecular complexity index is 352. The highest BCUT2D eigenvalue weighted by Gasteiger charge is 2.15. The lowest BCUT2D eigenvalue weighted by Crippen LogP contribution is -2.33. The first-order chi connectivity index (χ1) is 8.53. The molecule has 0 bridgehead atoms. The standard InChI is InChI=1S/C15H28N2O2/c1-11(9-13(3)17(7)8)12(2)10-16-14(18)19-15(4,5)6/h9,13H,2,10H2,1,3-8H3,(H,16,18)/b11-9-. The zero-order valence-electron chi connectivity index (χ0n) is 13.3. The first-order valence-electron chi connectivity index (χ1n) is 6.53. The fraction of sp³-hybridized carbons (Fsp3) is 0.667. The van der Waals surface area contributed by atoms with Gasteiger partial charge in [0, 0.05) is 12.6 Å². The molecule has 0 rings (SSSR count). The molecule has 0 saturated carbocycles. The van der Waals surface area contributed by atoms with Crippen molar-refractivity contribution in [3.63, 3.8) is 0 Å². The molecule has 4 nitrogen and oxygen atoms in total. The van der Waals surface area contributed by atoms with Crippen molar-refractivity contribution < 1.29 is 9.53 Å². The van der Waals surface area contributed by atoms with Gasteiger partial charge in [-0.05, 0) is 59.9 Å². The Hall–Kier alpha value is -1.29. The van der Waals surface area contributed by atoms with E-state index in [0.717, 1.165) is 11.1 Å². The van der Waals surface area contributed by atoms with Gasteiger partial charge in [0.05, 0.1) is 0 Å². The highest BCUT2D eigenvalue weighted by molar-refractivity contribution is 5.68. The number of carbonyl (C=O) groups excluding carboxylic acids is 1. The number of nitrogens with zero attached hydrogens (tertiary/aromatic N) is 1. The molecule has 0 saturated heterocycles. The van der Waals surface area contributed by atoms with Crippen molar-refractivity contribution in [3.05, 3.63) is 23.8 Å². The van der Waals surface area contributed by atoms with Crippen LogP contribution in [0, 0.1) is 0 Å². The molecule has 1 atom stereocenters. The Balaban J connectivity index is 4.29. The molecule has 0 aliphatic carbocycles. The molecule has 4 heteroatoms. The molecule has 0 spiro atoms. The molecular weight excluding hydrogens is 240 g/mol. The van der Waals surface area contributed by atoms with Gasteiger partial charge in [-0.15, -0.1) is 0 Å². The summed E-state index contributed by atoms with van der Waals surface area (Å²) in [7, 11) is 4.05. The summed E-state index contributed by atoms with van der Waals surface area (Å²) in [5.74, 6) is 0. The van der Waals surface area contributed by atoms with E-state index in [1.165, 1.54) is 0 Å². The predicted molar refractivity (Wildman–Crippen MR) is 80.3 cm³/mol. The van der Waals surface area contributed by atoms with Gasteiger partial charge in [0.1, 0.15) is 5.60 Å². The summed E-state index contributed by atoms with van der Waals surface area (Å²) >= 11 is 0. The second-order valence-corrected chi connectivity index (χ2v) is 6.01. The molecule has 110 valence electrons. The van der Waals surface area contributed by atoms with Crippen LogP contribution < -0.4 is 5.32 Å². The molecule has 19 heavy (non-hydrogen) atoms. The zero-order valence-corrected chi connectivity index (χ0v) is 13.3. The van der Waals surface area contributed by atoms with Crippen molar-refractivity contribution in [1.82, 2.24) is 10.2 Å². The van der Waals surface area contributed by atoms with Crippen LogP contribution >= 0.6 is 0 Å². The third kappa shape index (κ3) is 8.43. The molecule has 0 aliphatic heterocycles. The molecule has 1 unspecified atom stereocenters. The van der Waals surface area contributed by atoms with Crippen LogP contribution in [0.2, 0.25) is 0 Å². The van der Waals surface area contributed by atoms with Gasteiger partial charge >= 0.3 is 6.09 Å². The first kappa shape index (κ1) is 17.7. The number of ether oxygens (including phenoxy) is 1. The summed E-state index contributed by atoms with van der Waals surface area (Å²) in [6.07, 6.45) is 1.71. The molecule has 0 heterocycles. The minimum Gasteiger partial charge on any atom is -0.444 e. The Kier molecular flexibility index (Phi) is 6.84. The van der Waals surface area contributed by atoms with Crippen LogP contribution in [0.25, 0.3) is 0 Å². The van der Waals surface area contributed by atoms with E-state index in [2.05, 4.69) is 29.8 Å². The van der Waals surface area contributed by atoms with E-state index in [9.17, 15) is 4.79 Å². The summed E-state index contributed by atoms with van der Waals surface area (Å²) in [6.45, 7) is 14.0. The predicted octanol–water partition coefficient (Wildman–Crippen LogP) is 2.96. The van der Waals surface area contributed by atoms with E-state index >= 15 is 0 Å². The number of carbonyl (C=O) groups is 1. The number of hydrogen-bond donors (Lipinski definition) is 1. The van der Waals surface area contributed by atoms with Gasteiger partial charge in [0.25, 0.3) is 0 Å². The average molecular weight is 268 g/mol. The normalized spacial score (nSPS) is 14.2. The van der Waals surface area contributed by atoms with Crippen molar-refractivity contribution in [2.24, 2.45) is 0 Å². The van der Waals surface area contributed by atoms with Gasteiger partial charge in [0.2, 0.25) is 0 Å². The second kappa shape index (κ2) is 7.34. The van der Waals surface area contributed by atoms with Gasteiger partial charge in [-0.2, -0.15) is 0 Å². The van der Waals surface area contributed by atoms with Crippen LogP contribution in [-0.4, -0.2) is 43.3 Å². The van der Waals surface area contributed by atoms with E-state index in [4.69, 9.17) is 4.74 Å². The van der Waals surface area contributed by atoms with E-state index in [1.54, 1.807) is 0 Å². The highest BCUT2D eigenvalue weighted by Crippen LogP contribution is 2.10. The van der Waals surface area contributed by atoms with Crippen LogP contribution in [0.5, 0.6) is 0 Å². The second-order valence-electron chi connectivity index (χ2n) is 6.01. The lowest BCUT2D eigenvalue weighted by molar-refractivity contribution is 0.0533. The van der Waals surface area contributed by atoms with Crippen molar-refractivity contribution in [2.75, 3.05) is 20.6 Å². The Morgan fingerprint density at radius 3 is 2.37 bits per heavy atom. The van der Waals surface area contributed by atoms with Crippen LogP contribution in [0.15, 0.2) is 23.8 Å². The summed E-state index contributed by atoms with van der Waals surface area (Å²) in [4.78, 5) is 13.6. The number of alkyl carbamates (subject to hydrolysis) is 1. The summed E-state index contributed by atoms with van der Waals surface area (Å²) in [5, 5.41) is 2.71. The quantitative estimate of drug-likeness (QED) is 0.779. The maximum atomic E-state index is 11.5.